The number of benzene rings is 1. The summed E-state index contributed by atoms with van der Waals surface area (Å²) < 4.78 is 0. The van der Waals surface area contributed by atoms with E-state index in [0.717, 1.165) is 0 Å². The smallest absolute Gasteiger partial charge is 0.335 e. The van der Waals surface area contributed by atoms with E-state index in [1.165, 1.54) is 24.5 Å². The predicted octanol–water partition coefficient (Wildman–Crippen LogP) is 0.668. The van der Waals surface area contributed by atoms with Gasteiger partial charge < -0.3 is 16.6 Å². The molecular weight excluding hydrogens is 246 g/mol. The van der Waals surface area contributed by atoms with Crippen molar-refractivity contribution in [2.45, 2.75) is 0 Å². The SMILES string of the molecule is N=C(N)C(=N)N=CC(=CN)c1ccc(C(=O)O)cc1. The van der Waals surface area contributed by atoms with Crippen LogP contribution in [0.15, 0.2) is 35.5 Å². The van der Waals surface area contributed by atoms with Crippen LogP contribution in [-0.2, 0) is 0 Å². The number of rotatable bonds is 3. The summed E-state index contributed by atoms with van der Waals surface area (Å²) >= 11 is 0. The van der Waals surface area contributed by atoms with Crippen LogP contribution in [-0.4, -0.2) is 29.0 Å². The minimum absolute atomic E-state index is 0.161. The summed E-state index contributed by atoms with van der Waals surface area (Å²) in [5.41, 5.74) is 11.8. The van der Waals surface area contributed by atoms with Crippen LogP contribution >= 0.6 is 0 Å². The summed E-state index contributed by atoms with van der Waals surface area (Å²) in [6, 6.07) is 6.02. The van der Waals surface area contributed by atoms with E-state index in [-0.39, 0.29) is 11.4 Å². The first-order valence-electron chi connectivity index (χ1n) is 5.18. The Labute approximate surface area is 109 Å². The molecule has 0 aliphatic rings. The van der Waals surface area contributed by atoms with Crippen LogP contribution < -0.4 is 11.5 Å². The van der Waals surface area contributed by atoms with E-state index in [1.807, 2.05) is 0 Å². The standard InChI is InChI=1S/C12H13N5O2/c13-5-9(6-17-11(16)10(14)15)7-1-3-8(4-2-7)12(18)19/h1-6,16H,13H2,(H3,14,15)(H,18,19). The highest BCUT2D eigenvalue weighted by atomic mass is 16.4. The Balaban J connectivity index is 2.96. The zero-order valence-electron chi connectivity index (χ0n) is 9.92. The first-order chi connectivity index (χ1) is 8.95. The fourth-order valence-corrected chi connectivity index (χ4v) is 1.22. The molecule has 0 aliphatic carbocycles. The lowest BCUT2D eigenvalue weighted by molar-refractivity contribution is 0.0697. The summed E-state index contributed by atoms with van der Waals surface area (Å²) in [5.74, 6) is -1.84. The monoisotopic (exact) mass is 259 g/mol. The van der Waals surface area contributed by atoms with Crippen molar-refractivity contribution in [1.29, 1.82) is 10.8 Å². The Morgan fingerprint density at radius 2 is 1.74 bits per heavy atom. The van der Waals surface area contributed by atoms with Gasteiger partial charge in [-0.05, 0) is 17.7 Å². The molecule has 0 amide bonds. The van der Waals surface area contributed by atoms with Crippen LogP contribution in [0, 0.1) is 10.8 Å². The predicted molar refractivity (Wildman–Crippen MR) is 73.7 cm³/mol. The molecule has 0 bridgehead atoms. The van der Waals surface area contributed by atoms with Crippen LogP contribution in [0.1, 0.15) is 15.9 Å². The van der Waals surface area contributed by atoms with Crippen molar-refractivity contribution in [2.24, 2.45) is 16.5 Å². The highest BCUT2D eigenvalue weighted by Gasteiger charge is 2.04. The van der Waals surface area contributed by atoms with Gasteiger partial charge in [-0.15, -0.1) is 0 Å². The first kappa shape index (κ1) is 14.1. The molecule has 0 radical (unpaired) electrons. The van der Waals surface area contributed by atoms with Gasteiger partial charge in [0.25, 0.3) is 0 Å². The quantitative estimate of drug-likeness (QED) is 0.400. The molecule has 1 aromatic rings. The van der Waals surface area contributed by atoms with E-state index in [9.17, 15) is 4.79 Å². The zero-order valence-corrected chi connectivity index (χ0v) is 9.92. The minimum Gasteiger partial charge on any atom is -0.478 e. The average molecular weight is 259 g/mol. The highest BCUT2D eigenvalue weighted by molar-refractivity contribution is 6.39. The number of allylic oxidation sites excluding steroid dienone is 1. The Hall–Kier alpha value is -2.96. The number of carbonyl (C=O) groups is 1. The molecule has 0 unspecified atom stereocenters. The van der Waals surface area contributed by atoms with Crippen molar-refractivity contribution in [3.8, 4) is 0 Å². The van der Waals surface area contributed by atoms with Gasteiger partial charge in [0.15, 0.2) is 11.7 Å². The molecule has 0 fully saturated rings. The number of aliphatic imine (C=N–C) groups is 1. The molecule has 7 nitrogen and oxygen atoms in total. The van der Waals surface area contributed by atoms with Crippen molar-refractivity contribution in [3.63, 3.8) is 0 Å². The third kappa shape index (κ3) is 3.77. The van der Waals surface area contributed by atoms with Crippen molar-refractivity contribution in [1.82, 2.24) is 0 Å². The second-order valence-electron chi connectivity index (χ2n) is 3.52. The maximum Gasteiger partial charge on any atom is 0.335 e. The molecule has 98 valence electrons. The van der Waals surface area contributed by atoms with E-state index < -0.39 is 11.8 Å². The molecule has 0 spiro atoms. The maximum absolute atomic E-state index is 10.7. The lowest BCUT2D eigenvalue weighted by atomic mass is 10.1. The molecule has 0 atom stereocenters. The third-order valence-electron chi connectivity index (χ3n) is 2.23. The number of carboxylic acid groups (broad SMARTS) is 1. The number of hydrogen-bond donors (Lipinski definition) is 5. The molecule has 0 saturated heterocycles. The van der Waals surface area contributed by atoms with Gasteiger partial charge in [-0.1, -0.05) is 12.1 Å². The highest BCUT2D eigenvalue weighted by Crippen LogP contribution is 2.12. The van der Waals surface area contributed by atoms with E-state index in [2.05, 4.69) is 4.99 Å². The summed E-state index contributed by atoms with van der Waals surface area (Å²) in [5, 5.41) is 23.1. The average Bonchev–Trinajstić information content (AvgIpc) is 2.39. The van der Waals surface area contributed by atoms with Crippen molar-refractivity contribution >= 4 is 29.4 Å². The number of nitrogens with two attached hydrogens (primary N) is 2. The van der Waals surface area contributed by atoms with E-state index in [1.54, 1.807) is 12.1 Å². The number of amidine groups is 2. The molecule has 0 aromatic heterocycles. The molecule has 0 saturated carbocycles. The van der Waals surface area contributed by atoms with Gasteiger partial charge in [-0.3, -0.25) is 10.8 Å². The minimum atomic E-state index is -1.02. The van der Waals surface area contributed by atoms with Gasteiger partial charge in [0.05, 0.1) is 5.56 Å². The summed E-state index contributed by atoms with van der Waals surface area (Å²) in [7, 11) is 0. The molecule has 7 heteroatoms. The van der Waals surface area contributed by atoms with E-state index in [4.69, 9.17) is 27.4 Å². The zero-order chi connectivity index (χ0) is 14.4. The molecule has 0 heterocycles. The van der Waals surface area contributed by atoms with Gasteiger partial charge in [0.1, 0.15) is 0 Å². The molecular formula is C12H13N5O2. The summed E-state index contributed by atoms with van der Waals surface area (Å²) in [6.07, 6.45) is 2.56. The largest absolute Gasteiger partial charge is 0.478 e. The van der Waals surface area contributed by atoms with Crippen molar-refractivity contribution in [3.05, 3.63) is 41.6 Å². The van der Waals surface area contributed by atoms with Crippen molar-refractivity contribution < 1.29 is 9.90 Å². The Bertz CT molecular complexity index is 572. The van der Waals surface area contributed by atoms with Crippen LogP contribution in [0.2, 0.25) is 0 Å². The normalized spacial score (nSPS) is 11.5. The Kier molecular flexibility index (Phi) is 4.53. The van der Waals surface area contributed by atoms with Gasteiger partial charge in [-0.25, -0.2) is 9.79 Å². The number of carboxylic acids is 1. The molecule has 0 aliphatic heterocycles. The maximum atomic E-state index is 10.7. The fourth-order valence-electron chi connectivity index (χ4n) is 1.22. The number of nitrogens with one attached hydrogen (secondary N) is 2. The van der Waals surface area contributed by atoms with E-state index >= 15 is 0 Å². The lowest BCUT2D eigenvalue weighted by Crippen LogP contribution is -2.19. The second-order valence-corrected chi connectivity index (χ2v) is 3.52. The Morgan fingerprint density at radius 3 is 2.16 bits per heavy atom. The Morgan fingerprint density at radius 1 is 1.21 bits per heavy atom. The third-order valence-corrected chi connectivity index (χ3v) is 2.23. The fraction of sp³-hybridized carbons (Fsp3) is 0. The lowest BCUT2D eigenvalue weighted by Gasteiger charge is -2.02. The second kappa shape index (κ2) is 6.10. The van der Waals surface area contributed by atoms with Gasteiger partial charge in [0.2, 0.25) is 0 Å². The van der Waals surface area contributed by atoms with Crippen LogP contribution in [0.3, 0.4) is 0 Å². The van der Waals surface area contributed by atoms with Gasteiger partial charge in [0, 0.05) is 18.0 Å². The van der Waals surface area contributed by atoms with Crippen LogP contribution in [0.25, 0.3) is 5.57 Å². The molecule has 1 rings (SSSR count). The van der Waals surface area contributed by atoms with Gasteiger partial charge in [-0.2, -0.15) is 0 Å². The van der Waals surface area contributed by atoms with Gasteiger partial charge >= 0.3 is 5.97 Å². The molecule has 1 aromatic carbocycles. The number of hydrogen-bond acceptors (Lipinski definition) is 4. The topological polar surface area (TPSA) is 149 Å². The first-order valence-corrected chi connectivity index (χ1v) is 5.18. The van der Waals surface area contributed by atoms with Crippen molar-refractivity contribution in [2.75, 3.05) is 0 Å². The van der Waals surface area contributed by atoms with Crippen LogP contribution in [0.5, 0.6) is 0 Å². The number of nitrogens with zero attached hydrogens (tertiary/aromatic N) is 1. The summed E-state index contributed by atoms with van der Waals surface area (Å²) in [4.78, 5) is 14.4. The molecule has 19 heavy (non-hydrogen) atoms. The molecule has 7 N–H and O–H groups in total. The number of aromatic carboxylic acids is 1. The van der Waals surface area contributed by atoms with E-state index in [0.29, 0.717) is 11.1 Å². The van der Waals surface area contributed by atoms with Crippen LogP contribution in [0.4, 0.5) is 0 Å². The summed E-state index contributed by atoms with van der Waals surface area (Å²) in [6.45, 7) is 0.